The molecule has 2 nitrogen and oxygen atoms in total. The molecule has 0 aliphatic carbocycles. The Kier molecular flexibility index (Phi) is 6.95. The molecule has 1 unspecified atom stereocenters. The molecule has 1 aromatic carbocycles. The smallest absolute Gasteiger partial charge is 0.360 e. The quantitative estimate of drug-likeness (QED) is 0.572. The molecule has 0 saturated carbocycles. The van der Waals surface area contributed by atoms with Gasteiger partial charge in [-0.15, -0.1) is 0 Å². The largest absolute Gasteiger partial charge is 0.418 e. The van der Waals surface area contributed by atoms with Gasteiger partial charge in [-0.05, 0) is 37.7 Å². The van der Waals surface area contributed by atoms with Crippen LogP contribution in [0, 0.1) is 0 Å². The number of hydrogen-bond donors (Lipinski definition) is 2. The number of unbranched alkanes of at least 4 members (excludes halogenated alkanes) is 2. The standard InChI is InChI=1S/C15H21F3N2S/c1-3-4-5-8-11(2)19-14(21)20-13-10-7-6-9-12(13)15(16,17)18/h6-7,9-11H,3-5,8H2,1-2H3,(H2,19,20,21). The molecule has 0 amide bonds. The number of para-hydroxylation sites is 1. The predicted molar refractivity (Wildman–Crippen MR) is 84.4 cm³/mol. The molecule has 1 atom stereocenters. The molecular weight excluding hydrogens is 297 g/mol. The van der Waals surface area contributed by atoms with E-state index in [0.717, 1.165) is 31.7 Å². The van der Waals surface area contributed by atoms with Crippen molar-refractivity contribution in [1.82, 2.24) is 5.32 Å². The van der Waals surface area contributed by atoms with Crippen LogP contribution in [0.3, 0.4) is 0 Å². The van der Waals surface area contributed by atoms with Crippen molar-refractivity contribution in [3.8, 4) is 0 Å². The lowest BCUT2D eigenvalue weighted by Gasteiger charge is -2.19. The van der Waals surface area contributed by atoms with Crippen molar-refractivity contribution in [1.29, 1.82) is 0 Å². The fraction of sp³-hybridized carbons (Fsp3) is 0.533. The molecule has 0 spiro atoms. The molecule has 0 heterocycles. The summed E-state index contributed by atoms with van der Waals surface area (Å²) in [5.41, 5.74) is -0.740. The van der Waals surface area contributed by atoms with Gasteiger partial charge in [0.25, 0.3) is 0 Å². The number of thiocarbonyl (C=S) groups is 1. The second-order valence-electron chi connectivity index (χ2n) is 5.04. The number of rotatable bonds is 6. The lowest BCUT2D eigenvalue weighted by molar-refractivity contribution is -0.136. The normalized spacial score (nSPS) is 12.8. The van der Waals surface area contributed by atoms with Crippen molar-refractivity contribution in [3.63, 3.8) is 0 Å². The lowest BCUT2D eigenvalue weighted by atomic mass is 10.1. The number of anilines is 1. The van der Waals surface area contributed by atoms with Gasteiger partial charge in [-0.25, -0.2) is 0 Å². The minimum absolute atomic E-state index is 0.0248. The highest BCUT2D eigenvalue weighted by molar-refractivity contribution is 7.80. The number of alkyl halides is 3. The summed E-state index contributed by atoms with van der Waals surface area (Å²) in [5.74, 6) is 0. The van der Waals surface area contributed by atoms with Crippen LogP contribution in [0.5, 0.6) is 0 Å². The monoisotopic (exact) mass is 318 g/mol. The topological polar surface area (TPSA) is 24.1 Å². The summed E-state index contributed by atoms with van der Waals surface area (Å²) in [7, 11) is 0. The molecule has 0 fully saturated rings. The van der Waals surface area contributed by atoms with E-state index in [4.69, 9.17) is 12.2 Å². The first-order valence-electron chi connectivity index (χ1n) is 7.08. The summed E-state index contributed by atoms with van der Waals surface area (Å²) >= 11 is 5.08. The van der Waals surface area contributed by atoms with Crippen LogP contribution < -0.4 is 10.6 Å². The number of hydrogen-bond acceptors (Lipinski definition) is 1. The van der Waals surface area contributed by atoms with Gasteiger partial charge < -0.3 is 10.6 Å². The fourth-order valence-corrected chi connectivity index (χ4v) is 2.31. The van der Waals surface area contributed by atoms with Gasteiger partial charge in [0.15, 0.2) is 5.11 Å². The Morgan fingerprint density at radius 3 is 2.52 bits per heavy atom. The summed E-state index contributed by atoms with van der Waals surface area (Å²) in [6, 6.07) is 5.45. The van der Waals surface area contributed by atoms with Crippen LogP contribution >= 0.6 is 12.2 Å². The summed E-state index contributed by atoms with van der Waals surface area (Å²) in [6.07, 6.45) is -0.105. The fourth-order valence-electron chi connectivity index (χ4n) is 1.99. The number of halogens is 3. The summed E-state index contributed by atoms with van der Waals surface area (Å²) in [6.45, 7) is 4.09. The van der Waals surface area contributed by atoms with Crippen LogP contribution in [0.25, 0.3) is 0 Å². The highest BCUT2D eigenvalue weighted by atomic mass is 32.1. The number of nitrogens with one attached hydrogen (secondary N) is 2. The highest BCUT2D eigenvalue weighted by Gasteiger charge is 2.33. The third-order valence-electron chi connectivity index (χ3n) is 3.10. The van der Waals surface area contributed by atoms with Crippen molar-refractivity contribution in [2.45, 2.75) is 51.7 Å². The van der Waals surface area contributed by atoms with Crippen LogP contribution in [-0.2, 0) is 6.18 Å². The Hall–Kier alpha value is -1.30. The summed E-state index contributed by atoms with van der Waals surface area (Å²) in [5, 5.41) is 5.88. The maximum Gasteiger partial charge on any atom is 0.418 e. The van der Waals surface area contributed by atoms with E-state index in [1.807, 2.05) is 6.92 Å². The third-order valence-corrected chi connectivity index (χ3v) is 3.32. The zero-order valence-corrected chi connectivity index (χ0v) is 13.1. The SMILES string of the molecule is CCCCCC(C)NC(=S)Nc1ccccc1C(F)(F)F. The van der Waals surface area contributed by atoms with Crippen molar-refractivity contribution in [2.24, 2.45) is 0 Å². The molecule has 0 aliphatic heterocycles. The molecule has 1 rings (SSSR count). The first kappa shape index (κ1) is 17.8. The minimum Gasteiger partial charge on any atom is -0.360 e. The first-order valence-corrected chi connectivity index (χ1v) is 7.49. The molecule has 0 aliphatic rings. The van der Waals surface area contributed by atoms with Crippen molar-refractivity contribution >= 4 is 23.0 Å². The molecule has 0 bridgehead atoms. The zero-order valence-electron chi connectivity index (χ0n) is 12.3. The van der Waals surface area contributed by atoms with Crippen molar-refractivity contribution < 1.29 is 13.2 Å². The zero-order chi connectivity index (χ0) is 15.9. The molecular formula is C15H21F3N2S. The molecule has 1 aromatic rings. The van der Waals surface area contributed by atoms with E-state index < -0.39 is 11.7 Å². The Labute approximate surface area is 129 Å². The molecule has 21 heavy (non-hydrogen) atoms. The molecule has 118 valence electrons. The van der Waals surface area contributed by atoms with Gasteiger partial charge in [0.05, 0.1) is 11.3 Å². The second kappa shape index (κ2) is 8.22. The van der Waals surface area contributed by atoms with Crippen LogP contribution in [0.4, 0.5) is 18.9 Å². The summed E-state index contributed by atoms with van der Waals surface area (Å²) in [4.78, 5) is 0. The maximum atomic E-state index is 12.9. The molecule has 6 heteroatoms. The Morgan fingerprint density at radius 2 is 1.90 bits per heavy atom. The Balaban J connectivity index is 2.59. The average Bonchev–Trinajstić information content (AvgIpc) is 2.38. The van der Waals surface area contributed by atoms with E-state index >= 15 is 0 Å². The van der Waals surface area contributed by atoms with Gasteiger partial charge in [0.1, 0.15) is 0 Å². The van der Waals surface area contributed by atoms with Gasteiger partial charge in [-0.2, -0.15) is 13.2 Å². The van der Waals surface area contributed by atoms with Crippen molar-refractivity contribution in [2.75, 3.05) is 5.32 Å². The lowest BCUT2D eigenvalue weighted by Crippen LogP contribution is -2.36. The van der Waals surface area contributed by atoms with Gasteiger partial charge >= 0.3 is 6.18 Å². The Bertz CT molecular complexity index is 460. The van der Waals surface area contributed by atoms with E-state index in [1.54, 1.807) is 6.07 Å². The maximum absolute atomic E-state index is 12.9. The molecule has 0 saturated heterocycles. The average molecular weight is 318 g/mol. The van der Waals surface area contributed by atoms with Gasteiger partial charge in [0, 0.05) is 6.04 Å². The van der Waals surface area contributed by atoms with Crippen LogP contribution in [0.2, 0.25) is 0 Å². The number of benzene rings is 1. The van der Waals surface area contributed by atoms with E-state index in [-0.39, 0.29) is 16.8 Å². The van der Waals surface area contributed by atoms with E-state index in [0.29, 0.717) is 0 Å². The van der Waals surface area contributed by atoms with Gasteiger partial charge in [0.2, 0.25) is 0 Å². The molecule has 0 aromatic heterocycles. The van der Waals surface area contributed by atoms with E-state index in [9.17, 15) is 13.2 Å². The minimum atomic E-state index is -4.40. The Morgan fingerprint density at radius 1 is 1.24 bits per heavy atom. The van der Waals surface area contributed by atoms with Crippen LogP contribution in [-0.4, -0.2) is 11.2 Å². The van der Waals surface area contributed by atoms with Crippen LogP contribution in [0.15, 0.2) is 24.3 Å². The summed E-state index contributed by atoms with van der Waals surface area (Å²) < 4.78 is 38.6. The van der Waals surface area contributed by atoms with Crippen molar-refractivity contribution in [3.05, 3.63) is 29.8 Å². The van der Waals surface area contributed by atoms with Gasteiger partial charge in [-0.1, -0.05) is 38.3 Å². The highest BCUT2D eigenvalue weighted by Crippen LogP contribution is 2.34. The third kappa shape index (κ3) is 6.33. The second-order valence-corrected chi connectivity index (χ2v) is 5.45. The van der Waals surface area contributed by atoms with Crippen LogP contribution in [0.1, 0.15) is 45.1 Å². The van der Waals surface area contributed by atoms with Gasteiger partial charge in [-0.3, -0.25) is 0 Å². The van der Waals surface area contributed by atoms with E-state index in [1.165, 1.54) is 12.1 Å². The molecule has 2 N–H and O–H groups in total. The first-order chi connectivity index (χ1) is 9.84. The molecule has 0 radical (unpaired) electrons. The van der Waals surface area contributed by atoms with E-state index in [2.05, 4.69) is 17.6 Å². The predicted octanol–water partition coefficient (Wildman–Crippen LogP) is 4.96.